The number of rotatable bonds is 5. The van der Waals surface area contributed by atoms with Gasteiger partial charge in [0.1, 0.15) is 0 Å². The highest BCUT2D eigenvalue weighted by molar-refractivity contribution is 6.03. The van der Waals surface area contributed by atoms with Gasteiger partial charge in [-0.3, -0.25) is 9.78 Å². The SMILES string of the molecule is Cc1ccc(NC(=O)c2cnc(NCc3ccccn3)nc2)cc1. The van der Waals surface area contributed by atoms with E-state index in [-0.39, 0.29) is 5.91 Å². The molecule has 0 aliphatic rings. The first kappa shape index (κ1) is 15.6. The monoisotopic (exact) mass is 319 g/mol. The summed E-state index contributed by atoms with van der Waals surface area (Å²) in [6.45, 7) is 2.52. The quantitative estimate of drug-likeness (QED) is 0.755. The summed E-state index contributed by atoms with van der Waals surface area (Å²) in [6.07, 6.45) is 4.73. The minimum absolute atomic E-state index is 0.241. The third-order valence-corrected chi connectivity index (χ3v) is 3.38. The number of nitrogens with zero attached hydrogens (tertiary/aromatic N) is 3. The molecule has 24 heavy (non-hydrogen) atoms. The van der Waals surface area contributed by atoms with E-state index < -0.39 is 0 Å². The Kier molecular flexibility index (Phi) is 4.76. The zero-order valence-corrected chi connectivity index (χ0v) is 13.2. The molecule has 0 aliphatic carbocycles. The summed E-state index contributed by atoms with van der Waals surface area (Å²) >= 11 is 0. The smallest absolute Gasteiger partial charge is 0.258 e. The fourth-order valence-electron chi connectivity index (χ4n) is 2.05. The van der Waals surface area contributed by atoms with Gasteiger partial charge in [-0.2, -0.15) is 0 Å². The maximum Gasteiger partial charge on any atom is 0.258 e. The molecule has 3 aromatic rings. The van der Waals surface area contributed by atoms with Crippen molar-refractivity contribution >= 4 is 17.5 Å². The third kappa shape index (κ3) is 4.13. The number of hydrogen-bond acceptors (Lipinski definition) is 5. The van der Waals surface area contributed by atoms with Crippen LogP contribution in [0.1, 0.15) is 21.6 Å². The van der Waals surface area contributed by atoms with Crippen LogP contribution >= 0.6 is 0 Å². The number of carbonyl (C=O) groups is 1. The van der Waals surface area contributed by atoms with Gasteiger partial charge in [-0.05, 0) is 31.2 Å². The van der Waals surface area contributed by atoms with Gasteiger partial charge in [0.05, 0.1) is 17.8 Å². The van der Waals surface area contributed by atoms with E-state index in [0.29, 0.717) is 18.1 Å². The van der Waals surface area contributed by atoms with Crippen molar-refractivity contribution in [3.8, 4) is 0 Å². The molecule has 0 saturated carbocycles. The minimum Gasteiger partial charge on any atom is -0.349 e. The zero-order valence-electron chi connectivity index (χ0n) is 13.2. The highest BCUT2D eigenvalue weighted by Gasteiger charge is 2.07. The Hall–Kier alpha value is -3.28. The van der Waals surface area contributed by atoms with E-state index >= 15 is 0 Å². The summed E-state index contributed by atoms with van der Waals surface area (Å²) in [5, 5.41) is 5.88. The Bertz CT molecular complexity index is 801. The molecule has 0 aliphatic heterocycles. The maximum absolute atomic E-state index is 12.2. The van der Waals surface area contributed by atoms with Crippen LogP contribution in [0.4, 0.5) is 11.6 Å². The van der Waals surface area contributed by atoms with Gasteiger partial charge in [0.2, 0.25) is 5.95 Å². The largest absolute Gasteiger partial charge is 0.349 e. The normalized spacial score (nSPS) is 10.2. The molecule has 2 heterocycles. The average molecular weight is 319 g/mol. The number of anilines is 2. The van der Waals surface area contributed by atoms with Crippen LogP contribution in [0.5, 0.6) is 0 Å². The molecule has 0 unspecified atom stereocenters. The number of hydrogen-bond donors (Lipinski definition) is 2. The Morgan fingerprint density at radius 1 is 1.00 bits per heavy atom. The van der Waals surface area contributed by atoms with E-state index in [0.717, 1.165) is 16.9 Å². The summed E-state index contributed by atoms with van der Waals surface area (Å²) in [6, 6.07) is 13.3. The van der Waals surface area contributed by atoms with Crippen LogP contribution in [-0.2, 0) is 6.54 Å². The molecule has 1 amide bonds. The van der Waals surface area contributed by atoms with Crippen molar-refractivity contribution in [2.45, 2.75) is 13.5 Å². The summed E-state index contributed by atoms with van der Waals surface area (Å²) < 4.78 is 0. The van der Waals surface area contributed by atoms with Crippen LogP contribution in [0.2, 0.25) is 0 Å². The first-order valence-corrected chi connectivity index (χ1v) is 7.54. The number of carbonyl (C=O) groups excluding carboxylic acids is 1. The van der Waals surface area contributed by atoms with E-state index in [4.69, 9.17) is 0 Å². The molecule has 0 bridgehead atoms. The zero-order chi connectivity index (χ0) is 16.8. The number of amides is 1. The fourth-order valence-corrected chi connectivity index (χ4v) is 2.05. The minimum atomic E-state index is -0.241. The van der Waals surface area contributed by atoms with Gasteiger partial charge in [-0.25, -0.2) is 9.97 Å². The topological polar surface area (TPSA) is 79.8 Å². The van der Waals surface area contributed by atoms with Crippen LogP contribution in [0.3, 0.4) is 0 Å². The maximum atomic E-state index is 12.2. The number of pyridine rings is 1. The van der Waals surface area contributed by atoms with Crippen molar-refractivity contribution < 1.29 is 4.79 Å². The van der Waals surface area contributed by atoms with Gasteiger partial charge in [-0.1, -0.05) is 23.8 Å². The van der Waals surface area contributed by atoms with E-state index in [9.17, 15) is 4.79 Å². The lowest BCUT2D eigenvalue weighted by Crippen LogP contribution is -2.13. The third-order valence-electron chi connectivity index (χ3n) is 3.38. The van der Waals surface area contributed by atoms with Gasteiger partial charge in [-0.15, -0.1) is 0 Å². The predicted molar refractivity (Wildman–Crippen MR) is 92.7 cm³/mol. The van der Waals surface area contributed by atoms with Gasteiger partial charge >= 0.3 is 0 Å². The molecule has 3 rings (SSSR count). The standard InChI is InChI=1S/C18H17N5O/c1-13-5-7-15(8-6-13)23-17(24)14-10-20-18(21-11-14)22-12-16-4-2-3-9-19-16/h2-11H,12H2,1H3,(H,23,24)(H,20,21,22). The first-order chi connectivity index (χ1) is 11.7. The summed E-state index contributed by atoms with van der Waals surface area (Å²) in [4.78, 5) is 24.7. The van der Waals surface area contributed by atoms with Gasteiger partial charge in [0.25, 0.3) is 5.91 Å². The van der Waals surface area contributed by atoms with Crippen molar-refractivity contribution in [1.82, 2.24) is 15.0 Å². The van der Waals surface area contributed by atoms with E-state index in [1.54, 1.807) is 6.20 Å². The van der Waals surface area contributed by atoms with Gasteiger partial charge < -0.3 is 10.6 Å². The lowest BCUT2D eigenvalue weighted by atomic mass is 10.2. The summed E-state index contributed by atoms with van der Waals surface area (Å²) in [5.41, 5.74) is 3.17. The highest BCUT2D eigenvalue weighted by atomic mass is 16.1. The average Bonchev–Trinajstić information content (AvgIpc) is 2.63. The van der Waals surface area contributed by atoms with Crippen LogP contribution in [-0.4, -0.2) is 20.9 Å². The van der Waals surface area contributed by atoms with Crippen molar-refractivity contribution in [3.63, 3.8) is 0 Å². The molecule has 0 atom stereocenters. The van der Waals surface area contributed by atoms with Gasteiger partial charge in [0.15, 0.2) is 0 Å². The number of aryl methyl sites for hydroxylation is 1. The molecule has 6 heteroatoms. The lowest BCUT2D eigenvalue weighted by Gasteiger charge is -2.07. The molecule has 0 saturated heterocycles. The number of benzene rings is 1. The molecule has 0 spiro atoms. The Morgan fingerprint density at radius 3 is 2.42 bits per heavy atom. The molecule has 0 radical (unpaired) electrons. The predicted octanol–water partition coefficient (Wildman–Crippen LogP) is 3.04. The molecule has 6 nitrogen and oxygen atoms in total. The van der Waals surface area contributed by atoms with Gasteiger partial charge in [0, 0.05) is 24.3 Å². The molecule has 1 aromatic carbocycles. The van der Waals surface area contributed by atoms with Crippen molar-refractivity contribution in [2.24, 2.45) is 0 Å². The molecule has 2 N–H and O–H groups in total. The second-order valence-electron chi connectivity index (χ2n) is 5.29. The molecular formula is C18H17N5O. The molecular weight excluding hydrogens is 302 g/mol. The fraction of sp³-hybridized carbons (Fsp3) is 0.111. The summed E-state index contributed by atoms with van der Waals surface area (Å²) in [5.74, 6) is 0.211. The van der Waals surface area contributed by atoms with Crippen LogP contribution in [0.15, 0.2) is 61.1 Å². The molecule has 120 valence electrons. The number of nitrogens with one attached hydrogen (secondary N) is 2. The second-order valence-corrected chi connectivity index (χ2v) is 5.29. The molecule has 0 fully saturated rings. The van der Waals surface area contributed by atoms with Crippen LogP contribution in [0, 0.1) is 6.92 Å². The van der Waals surface area contributed by atoms with Crippen molar-refractivity contribution in [1.29, 1.82) is 0 Å². The Labute approximate surface area is 140 Å². The van der Waals surface area contributed by atoms with Crippen molar-refractivity contribution in [3.05, 3.63) is 77.9 Å². The van der Waals surface area contributed by atoms with Crippen LogP contribution < -0.4 is 10.6 Å². The number of aromatic nitrogens is 3. The first-order valence-electron chi connectivity index (χ1n) is 7.54. The lowest BCUT2D eigenvalue weighted by molar-refractivity contribution is 0.102. The highest BCUT2D eigenvalue weighted by Crippen LogP contribution is 2.11. The Morgan fingerprint density at radius 2 is 1.75 bits per heavy atom. The Balaban J connectivity index is 1.59. The van der Waals surface area contributed by atoms with E-state index in [1.165, 1.54) is 12.4 Å². The van der Waals surface area contributed by atoms with Crippen molar-refractivity contribution in [2.75, 3.05) is 10.6 Å². The van der Waals surface area contributed by atoms with Crippen LogP contribution in [0.25, 0.3) is 0 Å². The molecule has 2 aromatic heterocycles. The summed E-state index contributed by atoms with van der Waals surface area (Å²) in [7, 11) is 0. The van der Waals surface area contributed by atoms with E-state index in [1.807, 2.05) is 49.4 Å². The van der Waals surface area contributed by atoms with E-state index in [2.05, 4.69) is 25.6 Å². The second kappa shape index (κ2) is 7.32.